The molecule has 0 amide bonds. The quantitative estimate of drug-likeness (QED) is 0.860. The Morgan fingerprint density at radius 2 is 2.15 bits per heavy atom. The van der Waals surface area contributed by atoms with Crippen molar-refractivity contribution in [2.45, 2.75) is 19.8 Å². The van der Waals surface area contributed by atoms with E-state index in [1.165, 1.54) is 0 Å². The van der Waals surface area contributed by atoms with Crippen molar-refractivity contribution in [1.82, 2.24) is 25.0 Å². The molecule has 0 saturated carbocycles. The highest BCUT2D eigenvalue weighted by molar-refractivity contribution is 5.58. The lowest BCUT2D eigenvalue weighted by Gasteiger charge is -2.30. The molecule has 2 aromatic rings. The number of H-pyrrole nitrogens is 1. The Labute approximate surface area is 118 Å². The van der Waals surface area contributed by atoms with Crippen LogP contribution in [-0.2, 0) is 7.05 Å². The maximum Gasteiger partial charge on any atom is 0.245 e. The maximum absolute atomic E-state index is 5.72. The van der Waals surface area contributed by atoms with E-state index in [1.807, 2.05) is 24.9 Å². The van der Waals surface area contributed by atoms with E-state index in [0.29, 0.717) is 5.92 Å². The third-order valence-corrected chi connectivity index (χ3v) is 4.19. The minimum Gasteiger partial charge on any atom is -0.340 e. The van der Waals surface area contributed by atoms with Gasteiger partial charge in [-0.3, -0.25) is 9.78 Å². The smallest absolute Gasteiger partial charge is 0.245 e. The van der Waals surface area contributed by atoms with Gasteiger partial charge in [-0.05, 0) is 32.2 Å². The van der Waals surface area contributed by atoms with Crippen LogP contribution in [-0.4, -0.2) is 44.6 Å². The molecule has 2 aromatic heterocycles. The average Bonchev–Trinajstić information content (AvgIpc) is 3.08. The highest BCUT2D eigenvalue weighted by atomic mass is 15.4. The van der Waals surface area contributed by atoms with Crippen molar-refractivity contribution in [1.29, 1.82) is 0 Å². The van der Waals surface area contributed by atoms with Crippen LogP contribution in [0.25, 0.3) is 11.4 Å². The van der Waals surface area contributed by atoms with Crippen molar-refractivity contribution in [2.75, 3.05) is 24.5 Å². The zero-order valence-electron chi connectivity index (χ0n) is 12.0. The molecule has 1 fully saturated rings. The summed E-state index contributed by atoms with van der Waals surface area (Å²) in [6.07, 6.45) is 4.05. The normalized spacial score (nSPS) is 16.9. The molecule has 1 saturated heterocycles. The first-order chi connectivity index (χ1) is 9.69. The number of nitrogens with one attached hydrogen (secondary N) is 1. The molecule has 1 aliphatic heterocycles. The Kier molecular flexibility index (Phi) is 3.43. The second kappa shape index (κ2) is 5.24. The van der Waals surface area contributed by atoms with Crippen molar-refractivity contribution in [2.24, 2.45) is 18.7 Å². The van der Waals surface area contributed by atoms with E-state index in [9.17, 15) is 0 Å². The Balaban J connectivity index is 1.76. The van der Waals surface area contributed by atoms with Crippen molar-refractivity contribution < 1.29 is 0 Å². The zero-order valence-corrected chi connectivity index (χ0v) is 12.0. The Morgan fingerprint density at radius 1 is 1.40 bits per heavy atom. The standard InChI is InChI=1S/C13H21N7/c1-9-11(8-15-19(9)2)12-16-13(18-17-12)20-5-3-10(7-14)4-6-20/h8,10H,3-7,14H2,1-2H3,(H,16,17,18). The van der Waals surface area contributed by atoms with Gasteiger partial charge in [0.15, 0.2) is 5.82 Å². The molecular weight excluding hydrogens is 254 g/mol. The van der Waals surface area contributed by atoms with Crippen LogP contribution in [0.1, 0.15) is 18.5 Å². The number of hydrogen-bond donors (Lipinski definition) is 2. The molecule has 3 heterocycles. The van der Waals surface area contributed by atoms with Crippen LogP contribution in [0, 0.1) is 12.8 Å². The Bertz CT molecular complexity index is 577. The third-order valence-electron chi connectivity index (χ3n) is 4.19. The van der Waals surface area contributed by atoms with Crippen molar-refractivity contribution in [3.05, 3.63) is 11.9 Å². The van der Waals surface area contributed by atoms with Gasteiger partial charge in [-0.15, -0.1) is 5.10 Å². The van der Waals surface area contributed by atoms with E-state index in [4.69, 9.17) is 5.73 Å². The molecule has 0 atom stereocenters. The minimum atomic E-state index is 0.644. The molecule has 1 aliphatic rings. The molecule has 0 aliphatic carbocycles. The molecule has 0 radical (unpaired) electrons. The largest absolute Gasteiger partial charge is 0.340 e. The number of nitrogens with zero attached hydrogens (tertiary/aromatic N) is 5. The van der Waals surface area contributed by atoms with Gasteiger partial charge in [0.1, 0.15) is 0 Å². The maximum atomic E-state index is 5.72. The number of rotatable bonds is 3. The SMILES string of the molecule is Cc1c(-c2nc(N3CCC(CN)CC3)n[nH]2)cnn1C. The fourth-order valence-electron chi connectivity index (χ4n) is 2.61. The Morgan fingerprint density at radius 3 is 2.75 bits per heavy atom. The summed E-state index contributed by atoms with van der Waals surface area (Å²) < 4.78 is 1.84. The molecule has 0 spiro atoms. The molecule has 7 nitrogen and oxygen atoms in total. The topological polar surface area (TPSA) is 88.7 Å². The average molecular weight is 275 g/mol. The predicted molar refractivity (Wildman–Crippen MR) is 77.3 cm³/mol. The summed E-state index contributed by atoms with van der Waals surface area (Å²) in [5, 5.41) is 11.6. The number of aromatic nitrogens is 5. The van der Waals surface area contributed by atoms with Crippen LogP contribution in [0.15, 0.2) is 6.20 Å². The van der Waals surface area contributed by atoms with Crippen LogP contribution in [0.3, 0.4) is 0 Å². The summed E-state index contributed by atoms with van der Waals surface area (Å²) in [6, 6.07) is 0. The van der Waals surface area contributed by atoms with Gasteiger partial charge in [0.05, 0.1) is 11.8 Å². The monoisotopic (exact) mass is 275 g/mol. The number of aryl methyl sites for hydroxylation is 1. The number of piperidine rings is 1. The molecule has 7 heteroatoms. The number of aromatic amines is 1. The first-order valence-electron chi connectivity index (χ1n) is 7.05. The van der Waals surface area contributed by atoms with Crippen molar-refractivity contribution >= 4 is 5.95 Å². The molecule has 108 valence electrons. The summed E-state index contributed by atoms with van der Waals surface area (Å²) in [5.41, 5.74) is 7.80. The molecule has 0 unspecified atom stereocenters. The fraction of sp³-hybridized carbons (Fsp3) is 0.615. The van der Waals surface area contributed by atoms with E-state index in [-0.39, 0.29) is 0 Å². The molecule has 0 aromatic carbocycles. The minimum absolute atomic E-state index is 0.644. The first kappa shape index (κ1) is 13.1. The highest BCUT2D eigenvalue weighted by Gasteiger charge is 2.21. The van der Waals surface area contributed by atoms with Crippen LogP contribution >= 0.6 is 0 Å². The van der Waals surface area contributed by atoms with Gasteiger partial charge in [0, 0.05) is 25.8 Å². The molecule has 3 rings (SSSR count). The van der Waals surface area contributed by atoms with Gasteiger partial charge >= 0.3 is 0 Å². The van der Waals surface area contributed by atoms with Crippen molar-refractivity contribution in [3.63, 3.8) is 0 Å². The van der Waals surface area contributed by atoms with Crippen molar-refractivity contribution in [3.8, 4) is 11.4 Å². The predicted octanol–water partition coefficient (Wildman–Crippen LogP) is 0.689. The van der Waals surface area contributed by atoms with E-state index in [0.717, 1.165) is 55.5 Å². The summed E-state index contributed by atoms with van der Waals surface area (Å²) in [4.78, 5) is 6.82. The van der Waals surface area contributed by atoms with E-state index in [2.05, 4.69) is 25.2 Å². The Hall–Kier alpha value is -1.89. The second-order valence-electron chi connectivity index (χ2n) is 5.42. The molecular formula is C13H21N7. The van der Waals surface area contributed by atoms with E-state index in [1.54, 1.807) is 0 Å². The molecule has 0 bridgehead atoms. The van der Waals surface area contributed by atoms with Crippen LogP contribution < -0.4 is 10.6 Å². The summed E-state index contributed by atoms with van der Waals surface area (Å²) in [7, 11) is 1.92. The van der Waals surface area contributed by atoms with Gasteiger partial charge in [-0.2, -0.15) is 10.1 Å². The van der Waals surface area contributed by atoms with Gasteiger partial charge in [0.2, 0.25) is 5.95 Å². The number of nitrogens with two attached hydrogens (primary N) is 1. The lowest BCUT2D eigenvalue weighted by molar-refractivity contribution is 0.411. The van der Waals surface area contributed by atoms with Gasteiger partial charge in [-0.25, -0.2) is 0 Å². The summed E-state index contributed by atoms with van der Waals surface area (Å²) in [5.74, 6) is 2.20. The lowest BCUT2D eigenvalue weighted by Crippen LogP contribution is -2.36. The van der Waals surface area contributed by atoms with Gasteiger partial charge in [0.25, 0.3) is 0 Å². The van der Waals surface area contributed by atoms with E-state index < -0.39 is 0 Å². The van der Waals surface area contributed by atoms with Crippen LogP contribution in [0.5, 0.6) is 0 Å². The second-order valence-corrected chi connectivity index (χ2v) is 5.42. The lowest BCUT2D eigenvalue weighted by atomic mass is 9.97. The highest BCUT2D eigenvalue weighted by Crippen LogP contribution is 2.23. The van der Waals surface area contributed by atoms with E-state index >= 15 is 0 Å². The molecule has 20 heavy (non-hydrogen) atoms. The summed E-state index contributed by atoms with van der Waals surface area (Å²) >= 11 is 0. The summed E-state index contributed by atoms with van der Waals surface area (Å²) in [6.45, 7) is 4.76. The van der Waals surface area contributed by atoms with Gasteiger partial charge < -0.3 is 10.6 Å². The number of anilines is 1. The number of hydrogen-bond acceptors (Lipinski definition) is 5. The first-order valence-corrected chi connectivity index (χ1v) is 7.05. The molecule has 3 N–H and O–H groups in total. The third kappa shape index (κ3) is 2.29. The van der Waals surface area contributed by atoms with Crippen LogP contribution in [0.2, 0.25) is 0 Å². The zero-order chi connectivity index (χ0) is 14.1. The fourth-order valence-corrected chi connectivity index (χ4v) is 2.61. The van der Waals surface area contributed by atoms with Crippen LogP contribution in [0.4, 0.5) is 5.95 Å². The van der Waals surface area contributed by atoms with Gasteiger partial charge in [-0.1, -0.05) is 0 Å².